The summed E-state index contributed by atoms with van der Waals surface area (Å²) in [6, 6.07) is 9.46. The molecule has 3 rings (SSSR count). The number of anilines is 2. The number of nitrogens with zero attached hydrogens (tertiary/aromatic N) is 3. The van der Waals surface area contributed by atoms with Crippen molar-refractivity contribution in [3.05, 3.63) is 35.4 Å². The van der Waals surface area contributed by atoms with Gasteiger partial charge in [-0.2, -0.15) is 10.2 Å². The summed E-state index contributed by atoms with van der Waals surface area (Å²) in [6.07, 6.45) is 0.476. The third-order valence-corrected chi connectivity index (χ3v) is 3.33. The maximum atomic E-state index is 9.27. The second-order valence-electron chi connectivity index (χ2n) is 4.85. The molecule has 7 nitrogen and oxygen atoms in total. The van der Waals surface area contributed by atoms with Crippen molar-refractivity contribution in [3.8, 4) is 17.3 Å². The lowest BCUT2D eigenvalue weighted by Gasteiger charge is -2.23. The van der Waals surface area contributed by atoms with Crippen molar-refractivity contribution >= 4 is 11.8 Å². The van der Waals surface area contributed by atoms with Gasteiger partial charge in [0.15, 0.2) is 6.29 Å². The van der Waals surface area contributed by atoms with E-state index in [4.69, 9.17) is 20.9 Å². The fourth-order valence-electron chi connectivity index (χ4n) is 2.33. The molecule has 1 aromatic heterocycles. The number of ether oxygens (including phenoxy) is 2. The molecule has 0 unspecified atom stereocenters. The highest BCUT2D eigenvalue weighted by molar-refractivity contribution is 5.73. The molecule has 1 aliphatic heterocycles. The zero-order valence-corrected chi connectivity index (χ0v) is 11.8. The highest BCUT2D eigenvalue weighted by Crippen LogP contribution is 2.29. The molecule has 22 heavy (non-hydrogen) atoms. The Balaban J connectivity index is 2.04. The smallest absolute Gasteiger partial charge is 0.222 e. The maximum Gasteiger partial charge on any atom is 0.222 e. The van der Waals surface area contributed by atoms with Crippen molar-refractivity contribution < 1.29 is 9.47 Å². The number of rotatable bonds is 2. The van der Waals surface area contributed by atoms with Crippen LogP contribution in [0.1, 0.15) is 23.8 Å². The van der Waals surface area contributed by atoms with Gasteiger partial charge in [-0.15, -0.1) is 0 Å². The van der Waals surface area contributed by atoms with Crippen LogP contribution in [0.2, 0.25) is 0 Å². The highest BCUT2D eigenvalue weighted by atomic mass is 16.7. The van der Waals surface area contributed by atoms with Crippen LogP contribution in [-0.4, -0.2) is 23.2 Å². The van der Waals surface area contributed by atoms with Gasteiger partial charge in [0.2, 0.25) is 5.95 Å². The Kier molecular flexibility index (Phi) is 3.87. The fourth-order valence-corrected chi connectivity index (χ4v) is 2.33. The summed E-state index contributed by atoms with van der Waals surface area (Å²) in [5.74, 6) is 0.0997. The maximum absolute atomic E-state index is 9.27. The number of nitrogen functional groups attached to an aromatic ring is 2. The molecular formula is C15H15N5O2. The minimum atomic E-state index is -0.407. The number of benzene rings is 1. The van der Waals surface area contributed by atoms with Crippen LogP contribution in [0.15, 0.2) is 24.3 Å². The van der Waals surface area contributed by atoms with Crippen molar-refractivity contribution in [2.45, 2.75) is 12.7 Å². The summed E-state index contributed by atoms with van der Waals surface area (Å²) in [5.41, 5.74) is 13.6. The molecule has 0 aliphatic carbocycles. The topological polar surface area (TPSA) is 120 Å². The lowest BCUT2D eigenvalue weighted by molar-refractivity contribution is -0.183. The fraction of sp³-hybridized carbons (Fsp3) is 0.267. The largest absolute Gasteiger partial charge is 0.382 e. The zero-order valence-electron chi connectivity index (χ0n) is 11.8. The molecule has 1 saturated heterocycles. The normalized spacial score (nSPS) is 15.4. The van der Waals surface area contributed by atoms with E-state index >= 15 is 0 Å². The number of hydrogen-bond acceptors (Lipinski definition) is 7. The van der Waals surface area contributed by atoms with E-state index in [0.717, 1.165) is 12.0 Å². The van der Waals surface area contributed by atoms with Crippen molar-refractivity contribution in [2.24, 2.45) is 0 Å². The van der Waals surface area contributed by atoms with Gasteiger partial charge in [0.05, 0.1) is 18.9 Å². The van der Waals surface area contributed by atoms with E-state index in [-0.39, 0.29) is 17.3 Å². The first-order valence-electron chi connectivity index (χ1n) is 6.85. The molecule has 1 aliphatic rings. The monoisotopic (exact) mass is 297 g/mol. The van der Waals surface area contributed by atoms with Crippen LogP contribution < -0.4 is 11.5 Å². The predicted octanol–water partition coefficient (Wildman–Crippen LogP) is 1.62. The van der Waals surface area contributed by atoms with Crippen molar-refractivity contribution in [1.82, 2.24) is 9.97 Å². The van der Waals surface area contributed by atoms with E-state index in [0.29, 0.717) is 24.5 Å². The van der Waals surface area contributed by atoms with Crippen LogP contribution in [0.5, 0.6) is 0 Å². The molecule has 112 valence electrons. The Morgan fingerprint density at radius 1 is 1.18 bits per heavy atom. The summed E-state index contributed by atoms with van der Waals surface area (Å²) in [7, 11) is 0. The minimum absolute atomic E-state index is 0.0297. The second kappa shape index (κ2) is 5.97. The number of aromatic nitrogens is 2. The molecule has 0 atom stereocenters. The molecule has 1 fully saturated rings. The summed E-state index contributed by atoms with van der Waals surface area (Å²) in [6.45, 7) is 1.32. The van der Waals surface area contributed by atoms with Crippen molar-refractivity contribution in [2.75, 3.05) is 24.7 Å². The van der Waals surface area contributed by atoms with E-state index < -0.39 is 6.29 Å². The molecule has 2 aromatic rings. The average molecular weight is 297 g/mol. The van der Waals surface area contributed by atoms with Gasteiger partial charge in [0.1, 0.15) is 17.5 Å². The van der Waals surface area contributed by atoms with Gasteiger partial charge in [-0.05, 0) is 12.5 Å². The van der Waals surface area contributed by atoms with E-state index in [1.54, 1.807) is 0 Å². The second-order valence-corrected chi connectivity index (χ2v) is 4.85. The van der Waals surface area contributed by atoms with E-state index in [9.17, 15) is 5.26 Å². The Labute approximate surface area is 127 Å². The summed E-state index contributed by atoms with van der Waals surface area (Å²) >= 11 is 0. The molecule has 4 N–H and O–H groups in total. The Hall–Kier alpha value is -2.69. The summed E-state index contributed by atoms with van der Waals surface area (Å²) in [5, 5.41) is 9.27. The average Bonchev–Trinajstić information content (AvgIpc) is 2.55. The van der Waals surface area contributed by atoms with Gasteiger partial charge in [-0.1, -0.05) is 18.2 Å². The Morgan fingerprint density at radius 3 is 2.68 bits per heavy atom. The van der Waals surface area contributed by atoms with E-state index in [2.05, 4.69) is 9.97 Å². The van der Waals surface area contributed by atoms with E-state index in [1.807, 2.05) is 30.3 Å². The first kappa shape index (κ1) is 14.3. The lowest BCUT2D eigenvalue weighted by atomic mass is 10.0. The predicted molar refractivity (Wildman–Crippen MR) is 80.3 cm³/mol. The van der Waals surface area contributed by atoms with Gasteiger partial charge in [0, 0.05) is 11.1 Å². The van der Waals surface area contributed by atoms with Crippen LogP contribution in [0.4, 0.5) is 11.8 Å². The van der Waals surface area contributed by atoms with Crippen molar-refractivity contribution in [3.63, 3.8) is 0 Å². The number of nitriles is 1. The van der Waals surface area contributed by atoms with E-state index in [1.165, 1.54) is 0 Å². The molecule has 2 heterocycles. The number of hydrogen-bond donors (Lipinski definition) is 2. The molecular weight excluding hydrogens is 282 g/mol. The van der Waals surface area contributed by atoms with Gasteiger partial charge in [-0.3, -0.25) is 0 Å². The van der Waals surface area contributed by atoms with Crippen LogP contribution >= 0.6 is 0 Å². The third kappa shape index (κ3) is 2.70. The van der Waals surface area contributed by atoms with Gasteiger partial charge < -0.3 is 20.9 Å². The Bertz CT molecular complexity index is 735. The number of nitrogens with two attached hydrogens (primary N) is 2. The minimum Gasteiger partial charge on any atom is -0.382 e. The van der Waals surface area contributed by atoms with Crippen LogP contribution in [0.3, 0.4) is 0 Å². The molecule has 7 heteroatoms. The van der Waals surface area contributed by atoms with Gasteiger partial charge in [-0.25, -0.2) is 4.98 Å². The Morgan fingerprint density at radius 2 is 1.95 bits per heavy atom. The van der Waals surface area contributed by atoms with Crippen LogP contribution in [0.25, 0.3) is 11.3 Å². The summed E-state index contributed by atoms with van der Waals surface area (Å²) in [4.78, 5) is 7.96. The quantitative estimate of drug-likeness (QED) is 0.863. The molecule has 0 spiro atoms. The molecule has 0 amide bonds. The first-order valence-corrected chi connectivity index (χ1v) is 6.85. The van der Waals surface area contributed by atoms with Gasteiger partial charge >= 0.3 is 0 Å². The van der Waals surface area contributed by atoms with Crippen molar-refractivity contribution in [1.29, 1.82) is 5.26 Å². The molecule has 0 saturated carbocycles. The van der Waals surface area contributed by atoms with Crippen LogP contribution in [-0.2, 0) is 9.47 Å². The van der Waals surface area contributed by atoms with Crippen LogP contribution in [0, 0.1) is 11.3 Å². The van der Waals surface area contributed by atoms with Gasteiger partial charge in [0.25, 0.3) is 0 Å². The summed E-state index contributed by atoms with van der Waals surface area (Å²) < 4.78 is 11.2. The molecule has 0 bridgehead atoms. The molecule has 0 radical (unpaired) electrons. The highest BCUT2D eigenvalue weighted by Gasteiger charge is 2.19. The molecule has 1 aromatic carbocycles. The lowest BCUT2D eigenvalue weighted by Crippen LogP contribution is -2.17. The zero-order chi connectivity index (χ0) is 15.5. The third-order valence-electron chi connectivity index (χ3n) is 3.33. The SMILES string of the molecule is N#Cc1c(N)nc(N)nc1-c1cccc(C2OCCCO2)c1. The standard InChI is InChI=1S/C15H15N5O2/c16-8-11-12(19-15(18)20-13(11)17)9-3-1-4-10(7-9)14-21-5-2-6-22-14/h1,3-4,7,14H,2,5-6H2,(H4,17,18,19,20). The first-order chi connectivity index (χ1) is 10.7.